The molecule has 0 aromatic heterocycles. The largest absolute Gasteiger partial charge is 0.496 e. The molecular formula is C25H29NO5. The Bertz CT molecular complexity index is 995. The molecule has 0 bridgehead atoms. The van der Waals surface area contributed by atoms with E-state index in [0.29, 0.717) is 42.9 Å². The summed E-state index contributed by atoms with van der Waals surface area (Å²) in [5.41, 5.74) is 5.17. The van der Waals surface area contributed by atoms with Crippen LogP contribution in [0.4, 0.5) is 0 Å². The van der Waals surface area contributed by atoms with E-state index in [1.54, 1.807) is 14.2 Å². The minimum atomic E-state index is -0.366. The van der Waals surface area contributed by atoms with Crippen LogP contribution in [0.5, 0.6) is 11.5 Å². The highest BCUT2D eigenvalue weighted by atomic mass is 16.5. The van der Waals surface area contributed by atoms with E-state index in [2.05, 4.69) is 11.4 Å². The first-order valence-electron chi connectivity index (χ1n) is 10.4. The Morgan fingerprint density at radius 1 is 1.13 bits per heavy atom. The first kappa shape index (κ1) is 22.4. The van der Waals surface area contributed by atoms with Crippen molar-refractivity contribution in [2.75, 3.05) is 14.2 Å². The quantitative estimate of drug-likeness (QED) is 0.482. The Morgan fingerprint density at radius 2 is 1.84 bits per heavy atom. The van der Waals surface area contributed by atoms with Crippen molar-refractivity contribution in [3.63, 3.8) is 0 Å². The second kappa shape index (κ2) is 10.2. The number of hydrogen-bond donors (Lipinski definition) is 1. The normalized spacial score (nSPS) is 12.9. The standard InChI is InChI=1S/C25H29NO5/c1-16(11-13-21(27)26-14-18-8-6-5-7-9-18)10-12-19-23(29-3)17(2)20-15-31-25(28)22(20)24(19)30-4/h5-10H,11-15H2,1-4H3,(H,26,27). The molecule has 0 unspecified atom stereocenters. The number of ether oxygens (including phenoxy) is 3. The average Bonchev–Trinajstić information content (AvgIpc) is 3.17. The number of rotatable bonds is 9. The molecule has 6 heteroatoms. The van der Waals surface area contributed by atoms with Gasteiger partial charge >= 0.3 is 5.97 Å². The predicted octanol–water partition coefficient (Wildman–Crippen LogP) is 4.27. The third-order valence-corrected chi connectivity index (χ3v) is 5.56. The number of amides is 1. The number of cyclic esters (lactones) is 1. The highest BCUT2D eigenvalue weighted by molar-refractivity contribution is 5.98. The van der Waals surface area contributed by atoms with Gasteiger partial charge in [-0.2, -0.15) is 0 Å². The molecule has 2 aromatic rings. The van der Waals surface area contributed by atoms with Crippen molar-refractivity contribution in [2.24, 2.45) is 0 Å². The van der Waals surface area contributed by atoms with Gasteiger partial charge in [0.1, 0.15) is 23.7 Å². The van der Waals surface area contributed by atoms with Crippen LogP contribution >= 0.6 is 0 Å². The van der Waals surface area contributed by atoms with Gasteiger partial charge in [0.15, 0.2) is 0 Å². The van der Waals surface area contributed by atoms with Crippen molar-refractivity contribution in [1.29, 1.82) is 0 Å². The molecule has 0 aliphatic carbocycles. The van der Waals surface area contributed by atoms with Crippen LogP contribution in [0.3, 0.4) is 0 Å². The van der Waals surface area contributed by atoms with E-state index in [0.717, 1.165) is 27.8 Å². The van der Waals surface area contributed by atoms with E-state index in [1.807, 2.05) is 44.2 Å². The van der Waals surface area contributed by atoms with Crippen LogP contribution in [0.15, 0.2) is 42.0 Å². The Balaban J connectivity index is 1.67. The second-order valence-corrected chi connectivity index (χ2v) is 7.62. The van der Waals surface area contributed by atoms with Gasteiger partial charge in [-0.1, -0.05) is 42.0 Å². The predicted molar refractivity (Wildman–Crippen MR) is 118 cm³/mol. The topological polar surface area (TPSA) is 73.9 Å². The van der Waals surface area contributed by atoms with Crippen molar-refractivity contribution >= 4 is 11.9 Å². The molecule has 31 heavy (non-hydrogen) atoms. The number of nitrogens with one attached hydrogen (secondary N) is 1. The third kappa shape index (κ3) is 5.08. The molecule has 2 aromatic carbocycles. The summed E-state index contributed by atoms with van der Waals surface area (Å²) < 4.78 is 16.4. The van der Waals surface area contributed by atoms with Crippen LogP contribution in [0, 0.1) is 6.92 Å². The van der Waals surface area contributed by atoms with Crippen molar-refractivity contribution in [1.82, 2.24) is 5.32 Å². The minimum absolute atomic E-state index is 0.0166. The van der Waals surface area contributed by atoms with Crippen LogP contribution in [0.2, 0.25) is 0 Å². The number of carbonyl (C=O) groups is 2. The van der Waals surface area contributed by atoms with Gasteiger partial charge in [-0.15, -0.1) is 0 Å². The summed E-state index contributed by atoms with van der Waals surface area (Å²) in [5.74, 6) is 0.862. The molecular weight excluding hydrogens is 394 g/mol. The first-order chi connectivity index (χ1) is 15.0. The Labute approximate surface area is 183 Å². The number of fused-ring (bicyclic) bond motifs is 1. The van der Waals surface area contributed by atoms with Crippen LogP contribution in [0.25, 0.3) is 0 Å². The molecule has 0 spiro atoms. The SMILES string of the molecule is COc1c(C)c2c(c(OC)c1CC=C(C)CCC(=O)NCc1ccccc1)C(=O)OC2. The van der Waals surface area contributed by atoms with E-state index in [4.69, 9.17) is 14.2 Å². The molecule has 3 rings (SSSR count). The van der Waals surface area contributed by atoms with Gasteiger partial charge in [-0.25, -0.2) is 4.79 Å². The van der Waals surface area contributed by atoms with Gasteiger partial charge in [-0.05, 0) is 37.8 Å². The lowest BCUT2D eigenvalue weighted by molar-refractivity contribution is -0.121. The number of esters is 1. The fourth-order valence-corrected chi connectivity index (χ4v) is 3.81. The van der Waals surface area contributed by atoms with Gasteiger partial charge in [-0.3, -0.25) is 4.79 Å². The molecule has 1 heterocycles. The van der Waals surface area contributed by atoms with Gasteiger partial charge in [0, 0.05) is 24.1 Å². The molecule has 1 aliphatic heterocycles. The van der Waals surface area contributed by atoms with Crippen molar-refractivity contribution in [2.45, 2.75) is 46.3 Å². The molecule has 0 atom stereocenters. The maximum absolute atomic E-state index is 12.2. The van der Waals surface area contributed by atoms with E-state index in [1.165, 1.54) is 0 Å². The van der Waals surface area contributed by atoms with E-state index < -0.39 is 0 Å². The van der Waals surface area contributed by atoms with E-state index in [-0.39, 0.29) is 18.5 Å². The van der Waals surface area contributed by atoms with Gasteiger partial charge in [0.2, 0.25) is 5.91 Å². The first-order valence-corrected chi connectivity index (χ1v) is 10.4. The van der Waals surface area contributed by atoms with Gasteiger partial charge in [0.25, 0.3) is 0 Å². The molecule has 6 nitrogen and oxygen atoms in total. The lowest BCUT2D eigenvalue weighted by Crippen LogP contribution is -2.22. The lowest BCUT2D eigenvalue weighted by Gasteiger charge is -2.18. The van der Waals surface area contributed by atoms with Gasteiger partial charge < -0.3 is 19.5 Å². The van der Waals surface area contributed by atoms with Crippen LogP contribution in [-0.2, 0) is 29.1 Å². The monoisotopic (exact) mass is 423 g/mol. The summed E-state index contributed by atoms with van der Waals surface area (Å²) in [6.07, 6.45) is 3.65. The van der Waals surface area contributed by atoms with Crippen LogP contribution < -0.4 is 14.8 Å². The second-order valence-electron chi connectivity index (χ2n) is 7.62. The van der Waals surface area contributed by atoms with Gasteiger partial charge in [0.05, 0.1) is 14.2 Å². The maximum atomic E-state index is 12.2. The fourth-order valence-electron chi connectivity index (χ4n) is 3.81. The summed E-state index contributed by atoms with van der Waals surface area (Å²) in [5, 5.41) is 2.95. The molecule has 1 amide bonds. The molecule has 1 N–H and O–H groups in total. The number of carbonyl (C=O) groups excluding carboxylic acids is 2. The van der Waals surface area contributed by atoms with Crippen molar-refractivity contribution in [3.05, 3.63) is 69.8 Å². The summed E-state index contributed by atoms with van der Waals surface area (Å²) in [6, 6.07) is 9.84. The zero-order chi connectivity index (χ0) is 22.4. The number of methoxy groups -OCH3 is 2. The van der Waals surface area contributed by atoms with Crippen molar-refractivity contribution < 1.29 is 23.8 Å². The molecule has 0 fully saturated rings. The van der Waals surface area contributed by atoms with Crippen LogP contribution in [-0.4, -0.2) is 26.1 Å². The van der Waals surface area contributed by atoms with E-state index >= 15 is 0 Å². The Morgan fingerprint density at radius 3 is 2.52 bits per heavy atom. The average molecular weight is 424 g/mol. The Kier molecular flexibility index (Phi) is 7.34. The minimum Gasteiger partial charge on any atom is -0.496 e. The fraction of sp³-hybridized carbons (Fsp3) is 0.360. The Hall–Kier alpha value is -3.28. The molecule has 0 radical (unpaired) electrons. The third-order valence-electron chi connectivity index (χ3n) is 5.56. The van der Waals surface area contributed by atoms with E-state index in [9.17, 15) is 9.59 Å². The summed E-state index contributed by atoms with van der Waals surface area (Å²) in [6.45, 7) is 4.69. The highest BCUT2D eigenvalue weighted by Crippen LogP contribution is 2.42. The summed E-state index contributed by atoms with van der Waals surface area (Å²) in [7, 11) is 3.16. The number of hydrogen-bond acceptors (Lipinski definition) is 5. The zero-order valence-corrected chi connectivity index (χ0v) is 18.5. The zero-order valence-electron chi connectivity index (χ0n) is 18.5. The molecule has 1 aliphatic rings. The van der Waals surface area contributed by atoms with Crippen molar-refractivity contribution in [3.8, 4) is 11.5 Å². The smallest absolute Gasteiger partial charge is 0.342 e. The summed E-state index contributed by atoms with van der Waals surface area (Å²) in [4.78, 5) is 24.4. The maximum Gasteiger partial charge on any atom is 0.342 e. The number of benzene rings is 2. The molecule has 164 valence electrons. The molecule has 0 saturated heterocycles. The van der Waals surface area contributed by atoms with Crippen LogP contribution in [0.1, 0.15) is 52.4 Å². The molecule has 0 saturated carbocycles. The number of allylic oxidation sites excluding steroid dienone is 2. The highest BCUT2D eigenvalue weighted by Gasteiger charge is 2.32. The lowest BCUT2D eigenvalue weighted by atomic mass is 9.94. The summed E-state index contributed by atoms with van der Waals surface area (Å²) >= 11 is 0.